The molecule has 0 radical (unpaired) electrons. The fraction of sp³-hybridized carbons (Fsp3) is 0.225. The SMILES string of the molecule is C.CC.CCC(O)c1ccc(F)cc1.O=C1CCC(c2ccc(-c3cccc(O)c3)cc2O)N1c1ccc(-c2ccccc2)cc1. The fourth-order valence-corrected chi connectivity index (χ4v) is 5.36. The number of benzene rings is 5. The van der Waals surface area contributed by atoms with Gasteiger partial charge in [0.05, 0.1) is 12.1 Å². The number of aliphatic hydroxyl groups is 1. The van der Waals surface area contributed by atoms with Gasteiger partial charge in [0.15, 0.2) is 0 Å². The molecule has 1 saturated heterocycles. The quantitative estimate of drug-likeness (QED) is 0.176. The van der Waals surface area contributed by atoms with Gasteiger partial charge in [0, 0.05) is 17.7 Å². The van der Waals surface area contributed by atoms with Crippen LogP contribution in [0.2, 0.25) is 0 Å². The number of rotatable bonds is 6. The van der Waals surface area contributed by atoms with Gasteiger partial charge < -0.3 is 20.2 Å². The van der Waals surface area contributed by atoms with Gasteiger partial charge in [-0.3, -0.25) is 4.79 Å². The van der Waals surface area contributed by atoms with Crippen molar-refractivity contribution in [1.29, 1.82) is 0 Å². The van der Waals surface area contributed by atoms with Gasteiger partial charge in [0.25, 0.3) is 0 Å². The molecule has 2 unspecified atom stereocenters. The van der Waals surface area contributed by atoms with E-state index in [0.29, 0.717) is 19.3 Å². The molecule has 0 saturated carbocycles. The molecule has 1 heterocycles. The molecule has 0 aromatic heterocycles. The van der Waals surface area contributed by atoms with Crippen molar-refractivity contribution in [2.24, 2.45) is 0 Å². The first-order chi connectivity index (χ1) is 21.8. The lowest BCUT2D eigenvalue weighted by Gasteiger charge is -2.26. The molecule has 1 aliphatic heterocycles. The number of anilines is 1. The molecule has 0 aliphatic carbocycles. The van der Waals surface area contributed by atoms with Crippen LogP contribution in [0.25, 0.3) is 22.3 Å². The number of hydrogen-bond donors (Lipinski definition) is 3. The van der Waals surface area contributed by atoms with Crippen molar-refractivity contribution in [3.8, 4) is 33.8 Å². The van der Waals surface area contributed by atoms with Crippen LogP contribution in [0.1, 0.15) is 70.7 Å². The second-order valence-electron chi connectivity index (χ2n) is 10.5. The highest BCUT2D eigenvalue weighted by atomic mass is 19.1. The summed E-state index contributed by atoms with van der Waals surface area (Å²) in [6, 6.07) is 36.2. The third-order valence-corrected chi connectivity index (χ3v) is 7.68. The molecule has 6 heteroatoms. The van der Waals surface area contributed by atoms with Crippen LogP contribution in [0, 0.1) is 5.82 Å². The van der Waals surface area contributed by atoms with Crippen molar-refractivity contribution < 1.29 is 24.5 Å². The molecule has 0 spiro atoms. The molecule has 2 atom stereocenters. The first-order valence-corrected chi connectivity index (χ1v) is 15.4. The Morgan fingerprint density at radius 2 is 1.35 bits per heavy atom. The Kier molecular flexibility index (Phi) is 13.1. The summed E-state index contributed by atoms with van der Waals surface area (Å²) in [5, 5.41) is 29.9. The van der Waals surface area contributed by atoms with E-state index in [4.69, 9.17) is 0 Å². The van der Waals surface area contributed by atoms with Gasteiger partial charge in [0.1, 0.15) is 17.3 Å². The van der Waals surface area contributed by atoms with Gasteiger partial charge in [-0.15, -0.1) is 0 Å². The lowest BCUT2D eigenvalue weighted by atomic mass is 9.97. The van der Waals surface area contributed by atoms with Crippen molar-refractivity contribution in [2.45, 2.75) is 59.6 Å². The summed E-state index contributed by atoms with van der Waals surface area (Å²) < 4.78 is 12.4. The molecule has 3 N–H and O–H groups in total. The summed E-state index contributed by atoms with van der Waals surface area (Å²) in [7, 11) is 0. The minimum atomic E-state index is -0.462. The maximum atomic E-state index is 12.8. The number of halogens is 1. The van der Waals surface area contributed by atoms with Crippen LogP contribution in [0.15, 0.2) is 121 Å². The van der Waals surface area contributed by atoms with Gasteiger partial charge in [-0.05, 0) is 83.1 Å². The van der Waals surface area contributed by atoms with Crippen molar-refractivity contribution >= 4 is 11.6 Å². The average molecular weight is 622 g/mol. The van der Waals surface area contributed by atoms with Crippen molar-refractivity contribution in [3.05, 3.63) is 138 Å². The first-order valence-electron chi connectivity index (χ1n) is 15.4. The number of aromatic hydroxyl groups is 2. The largest absolute Gasteiger partial charge is 0.508 e. The molecular weight excluding hydrogens is 577 g/mol. The topological polar surface area (TPSA) is 81.0 Å². The van der Waals surface area contributed by atoms with E-state index < -0.39 is 6.10 Å². The number of phenolic OH excluding ortho intramolecular Hbond substituents is 2. The molecule has 0 bridgehead atoms. The van der Waals surface area contributed by atoms with Gasteiger partial charge >= 0.3 is 0 Å². The van der Waals surface area contributed by atoms with Crippen molar-refractivity contribution in [2.75, 3.05) is 4.90 Å². The molecule has 46 heavy (non-hydrogen) atoms. The zero-order chi connectivity index (χ0) is 32.3. The Balaban J connectivity index is 0.000000349. The molecule has 5 aromatic carbocycles. The fourth-order valence-electron chi connectivity index (χ4n) is 5.36. The van der Waals surface area contributed by atoms with E-state index in [2.05, 4.69) is 12.1 Å². The summed E-state index contributed by atoms with van der Waals surface area (Å²) >= 11 is 0. The Hall–Kier alpha value is -4.94. The number of phenols is 2. The highest BCUT2D eigenvalue weighted by Crippen LogP contribution is 2.42. The van der Waals surface area contributed by atoms with Gasteiger partial charge in [0.2, 0.25) is 5.91 Å². The van der Waals surface area contributed by atoms with Crippen LogP contribution in [0.5, 0.6) is 11.5 Å². The normalized spacial score (nSPS) is 14.2. The number of amides is 1. The summed E-state index contributed by atoms with van der Waals surface area (Å²) in [6.07, 6.45) is 1.29. The molecular formula is C40H44FNO4. The number of carbonyl (C=O) groups excluding carboxylic acids is 1. The van der Waals surface area contributed by atoms with E-state index >= 15 is 0 Å². The van der Waals surface area contributed by atoms with Crippen molar-refractivity contribution in [3.63, 3.8) is 0 Å². The maximum absolute atomic E-state index is 12.8. The Labute approximate surface area is 272 Å². The predicted molar refractivity (Wildman–Crippen MR) is 186 cm³/mol. The monoisotopic (exact) mass is 621 g/mol. The van der Waals surface area contributed by atoms with E-state index in [-0.39, 0.29) is 36.7 Å². The van der Waals surface area contributed by atoms with Crippen molar-refractivity contribution in [1.82, 2.24) is 0 Å². The van der Waals surface area contributed by atoms with Crippen LogP contribution in [-0.4, -0.2) is 21.2 Å². The number of aliphatic hydroxyl groups excluding tert-OH is 1. The van der Waals surface area contributed by atoms with E-state index in [1.165, 1.54) is 12.1 Å². The summed E-state index contributed by atoms with van der Waals surface area (Å²) in [4.78, 5) is 14.6. The standard InChI is InChI=1S/C28H23NO3.C9H11FO.C2H6.CH4/c30-24-8-4-7-21(17-24)22-11-14-25(27(31)18-22)26-15-16-28(32)29(26)23-12-9-20(10-13-23)19-5-2-1-3-6-19;1-2-9(11)7-3-5-8(10)6-4-7;1-2;/h1-14,17-18,26,30-31H,15-16H2;3-6,9,11H,2H2,1H3;1-2H3;1H4. The maximum Gasteiger partial charge on any atom is 0.227 e. The summed E-state index contributed by atoms with van der Waals surface area (Å²) in [6.45, 7) is 5.88. The zero-order valence-electron chi connectivity index (χ0n) is 25.9. The van der Waals surface area contributed by atoms with Crippen LogP contribution >= 0.6 is 0 Å². The number of carbonyl (C=O) groups is 1. The summed E-state index contributed by atoms with van der Waals surface area (Å²) in [5.41, 5.74) is 6.18. The summed E-state index contributed by atoms with van der Waals surface area (Å²) in [5.74, 6) is 0.116. The van der Waals surface area contributed by atoms with Crippen LogP contribution in [0.4, 0.5) is 10.1 Å². The first kappa shape index (κ1) is 35.5. The highest BCUT2D eigenvalue weighted by molar-refractivity contribution is 5.97. The molecule has 1 aliphatic rings. The van der Waals surface area contributed by atoms with Gasteiger partial charge in [-0.2, -0.15) is 0 Å². The van der Waals surface area contributed by atoms with Gasteiger partial charge in [-0.25, -0.2) is 4.39 Å². The second-order valence-corrected chi connectivity index (χ2v) is 10.5. The minimum absolute atomic E-state index is 0. The Morgan fingerprint density at radius 1 is 0.761 bits per heavy atom. The van der Waals surface area contributed by atoms with Gasteiger partial charge in [-0.1, -0.05) is 107 Å². The van der Waals surface area contributed by atoms with E-state index in [9.17, 15) is 24.5 Å². The molecule has 5 nitrogen and oxygen atoms in total. The highest BCUT2D eigenvalue weighted by Gasteiger charge is 2.34. The smallest absolute Gasteiger partial charge is 0.227 e. The average Bonchev–Trinajstić information content (AvgIpc) is 3.47. The molecule has 1 amide bonds. The number of nitrogens with zero attached hydrogens (tertiary/aromatic N) is 1. The third-order valence-electron chi connectivity index (χ3n) is 7.68. The van der Waals surface area contributed by atoms with E-state index in [1.807, 2.05) is 81.4 Å². The van der Waals surface area contributed by atoms with E-state index in [1.54, 1.807) is 41.3 Å². The molecule has 240 valence electrons. The Morgan fingerprint density at radius 3 is 1.96 bits per heavy atom. The zero-order valence-corrected chi connectivity index (χ0v) is 25.9. The van der Waals surface area contributed by atoms with Crippen LogP contribution < -0.4 is 4.90 Å². The predicted octanol–water partition coefficient (Wildman–Crippen LogP) is 10.2. The minimum Gasteiger partial charge on any atom is -0.508 e. The van der Waals surface area contributed by atoms with Crippen LogP contribution in [0.3, 0.4) is 0 Å². The van der Waals surface area contributed by atoms with Crippen LogP contribution in [-0.2, 0) is 4.79 Å². The Bertz CT molecular complexity index is 1670. The lowest BCUT2D eigenvalue weighted by Crippen LogP contribution is -2.27. The lowest BCUT2D eigenvalue weighted by molar-refractivity contribution is -0.117. The third kappa shape index (κ3) is 8.61. The molecule has 5 aromatic rings. The van der Waals surface area contributed by atoms with E-state index in [0.717, 1.165) is 39.1 Å². The number of hydrogen-bond acceptors (Lipinski definition) is 4. The molecule has 6 rings (SSSR count). The molecule has 1 fully saturated rings. The second kappa shape index (κ2) is 16.9.